The minimum atomic E-state index is -0.873. The average molecular weight is 349 g/mol. The summed E-state index contributed by atoms with van der Waals surface area (Å²) in [5.41, 5.74) is 0.641. The van der Waals surface area contributed by atoms with E-state index in [0.29, 0.717) is 17.4 Å². The molecule has 1 amide bonds. The second-order valence-corrected chi connectivity index (χ2v) is 6.55. The van der Waals surface area contributed by atoms with Crippen molar-refractivity contribution in [2.45, 2.75) is 44.7 Å². The van der Waals surface area contributed by atoms with Gasteiger partial charge in [-0.1, -0.05) is 12.8 Å². The van der Waals surface area contributed by atoms with Crippen LogP contribution >= 0.6 is 0 Å². The number of nitrogens with zero attached hydrogens (tertiary/aromatic N) is 2. The molecule has 0 radical (unpaired) electrons. The van der Waals surface area contributed by atoms with Crippen LogP contribution in [0.3, 0.4) is 0 Å². The fourth-order valence-electron chi connectivity index (χ4n) is 3.26. The van der Waals surface area contributed by atoms with E-state index in [4.69, 9.17) is 0 Å². The van der Waals surface area contributed by atoms with E-state index in [0.717, 1.165) is 18.9 Å². The molecule has 3 rings (SSSR count). The molecule has 0 unspecified atom stereocenters. The molecule has 0 aliphatic heterocycles. The van der Waals surface area contributed by atoms with Crippen molar-refractivity contribution in [3.63, 3.8) is 0 Å². The zero-order chi connectivity index (χ0) is 17.8. The van der Waals surface area contributed by atoms with Crippen LogP contribution in [0, 0.1) is 11.6 Å². The van der Waals surface area contributed by atoms with Crippen molar-refractivity contribution in [3.8, 4) is 0 Å². The largest absolute Gasteiger partial charge is 0.333 e. The van der Waals surface area contributed by atoms with Gasteiger partial charge in [0.25, 0.3) is 5.91 Å². The number of hydrogen-bond acceptors (Lipinski definition) is 2. The fraction of sp³-hybridized carbons (Fsp3) is 0.444. The number of rotatable bonds is 6. The van der Waals surface area contributed by atoms with E-state index >= 15 is 0 Å². The summed E-state index contributed by atoms with van der Waals surface area (Å²) >= 11 is 0. The summed E-state index contributed by atoms with van der Waals surface area (Å²) in [5, 5.41) is 9.01. The van der Waals surface area contributed by atoms with Crippen LogP contribution in [0.25, 0.3) is 0 Å². The van der Waals surface area contributed by atoms with Crippen molar-refractivity contribution in [1.82, 2.24) is 9.78 Å². The van der Waals surface area contributed by atoms with Crippen LogP contribution in [-0.4, -0.2) is 22.2 Å². The van der Waals surface area contributed by atoms with Crippen LogP contribution in [0.1, 0.15) is 50.3 Å². The Morgan fingerprint density at radius 3 is 2.80 bits per heavy atom. The van der Waals surface area contributed by atoms with Gasteiger partial charge in [0.05, 0.1) is 12.2 Å². The Labute approximate surface area is 145 Å². The smallest absolute Gasteiger partial charge is 0.280 e. The third kappa shape index (κ3) is 4.22. The van der Waals surface area contributed by atoms with E-state index < -0.39 is 11.6 Å². The van der Waals surface area contributed by atoms with Crippen molar-refractivity contribution in [2.24, 2.45) is 0 Å². The van der Waals surface area contributed by atoms with E-state index in [1.807, 2.05) is 11.6 Å². The molecule has 5 nitrogen and oxygen atoms in total. The minimum Gasteiger partial charge on any atom is -0.333 e. The molecule has 1 fully saturated rings. The lowest BCUT2D eigenvalue weighted by atomic mass is 10.1. The quantitative estimate of drug-likeness (QED) is 0.842. The lowest BCUT2D eigenvalue weighted by Crippen LogP contribution is -2.86. The molecule has 134 valence electrons. The summed E-state index contributed by atoms with van der Waals surface area (Å²) in [5.74, 6) is -1.17. The van der Waals surface area contributed by atoms with Gasteiger partial charge in [-0.05, 0) is 38.0 Å². The molecule has 0 saturated heterocycles. The van der Waals surface area contributed by atoms with Crippen molar-refractivity contribution in [1.29, 1.82) is 0 Å². The fourth-order valence-corrected chi connectivity index (χ4v) is 3.26. The van der Waals surface area contributed by atoms with Crippen LogP contribution in [-0.2, 0) is 4.79 Å². The van der Waals surface area contributed by atoms with Gasteiger partial charge in [0.15, 0.2) is 18.2 Å². The van der Waals surface area contributed by atoms with E-state index in [1.54, 1.807) is 17.6 Å². The second kappa shape index (κ2) is 7.74. The maximum atomic E-state index is 13.3. The Morgan fingerprint density at radius 2 is 2.08 bits per heavy atom. The number of nitrogens with two attached hydrogens (primary N) is 1. The SMILES string of the molecule is C[C@H]([NH2+]CC(=O)Nc1ccnn1C1CCCC1)c1ccc(F)c(F)c1. The van der Waals surface area contributed by atoms with Gasteiger partial charge in [-0.3, -0.25) is 4.79 Å². The molecule has 1 saturated carbocycles. The predicted octanol–water partition coefficient (Wildman–Crippen LogP) is 2.54. The van der Waals surface area contributed by atoms with E-state index in [1.165, 1.54) is 25.0 Å². The highest BCUT2D eigenvalue weighted by Gasteiger charge is 2.21. The molecular weight excluding hydrogens is 326 g/mol. The molecule has 25 heavy (non-hydrogen) atoms. The molecule has 7 heteroatoms. The third-order valence-corrected chi connectivity index (χ3v) is 4.73. The van der Waals surface area contributed by atoms with Gasteiger partial charge in [0.2, 0.25) is 0 Å². The summed E-state index contributed by atoms with van der Waals surface area (Å²) < 4.78 is 28.2. The predicted molar refractivity (Wildman–Crippen MR) is 89.9 cm³/mol. The number of aromatic nitrogens is 2. The lowest BCUT2D eigenvalue weighted by Gasteiger charge is -2.15. The van der Waals surface area contributed by atoms with Crippen molar-refractivity contribution >= 4 is 11.7 Å². The van der Waals surface area contributed by atoms with E-state index in [2.05, 4.69) is 10.4 Å². The number of anilines is 1. The number of nitrogens with one attached hydrogen (secondary N) is 1. The van der Waals surface area contributed by atoms with Gasteiger partial charge in [-0.15, -0.1) is 0 Å². The number of carbonyl (C=O) groups excluding carboxylic acids is 1. The van der Waals surface area contributed by atoms with Gasteiger partial charge in [0, 0.05) is 11.6 Å². The Bertz CT molecular complexity index is 740. The molecule has 2 aromatic rings. The Kier molecular flexibility index (Phi) is 5.43. The van der Waals surface area contributed by atoms with Gasteiger partial charge in [-0.2, -0.15) is 5.10 Å². The number of carbonyl (C=O) groups is 1. The van der Waals surface area contributed by atoms with Crippen molar-refractivity contribution in [2.75, 3.05) is 11.9 Å². The highest BCUT2D eigenvalue weighted by atomic mass is 19.2. The Morgan fingerprint density at radius 1 is 1.32 bits per heavy atom. The Hall–Kier alpha value is -2.28. The van der Waals surface area contributed by atoms with Crippen molar-refractivity contribution < 1.29 is 18.9 Å². The average Bonchev–Trinajstić information content (AvgIpc) is 3.26. The number of hydrogen-bond donors (Lipinski definition) is 2. The zero-order valence-corrected chi connectivity index (χ0v) is 14.2. The standard InChI is InChI=1S/C18H22F2N4O/c1-12(13-6-7-15(19)16(20)10-13)21-11-18(25)23-17-8-9-22-24(17)14-4-2-3-5-14/h6-10,12,14,21H,2-5,11H2,1H3,(H,23,25)/p+1/t12-/m0/s1. The molecule has 0 spiro atoms. The molecule has 1 aliphatic carbocycles. The Balaban J connectivity index is 1.54. The number of benzene rings is 1. The number of amides is 1. The van der Waals surface area contributed by atoms with Crippen LogP contribution in [0.5, 0.6) is 0 Å². The molecular formula is C18H23F2N4O+. The number of halogens is 2. The van der Waals surface area contributed by atoms with E-state index in [9.17, 15) is 13.6 Å². The topological polar surface area (TPSA) is 63.5 Å². The highest BCUT2D eigenvalue weighted by Crippen LogP contribution is 2.31. The van der Waals surface area contributed by atoms with Crippen molar-refractivity contribution in [3.05, 3.63) is 47.7 Å². The summed E-state index contributed by atoms with van der Waals surface area (Å²) in [6.45, 7) is 2.04. The monoisotopic (exact) mass is 349 g/mol. The van der Waals surface area contributed by atoms with Crippen LogP contribution in [0.15, 0.2) is 30.5 Å². The maximum absolute atomic E-state index is 13.3. The molecule has 1 atom stereocenters. The van der Waals surface area contributed by atoms with Crippen LogP contribution in [0.2, 0.25) is 0 Å². The minimum absolute atomic E-state index is 0.144. The molecule has 3 N–H and O–H groups in total. The normalized spacial score (nSPS) is 16.1. The van der Waals surface area contributed by atoms with Crippen LogP contribution < -0.4 is 10.6 Å². The maximum Gasteiger partial charge on any atom is 0.280 e. The summed E-state index contributed by atoms with van der Waals surface area (Å²) in [6.07, 6.45) is 6.25. The molecule has 1 aromatic heterocycles. The summed E-state index contributed by atoms with van der Waals surface area (Å²) in [6, 6.07) is 5.82. The highest BCUT2D eigenvalue weighted by molar-refractivity contribution is 5.90. The molecule has 1 aromatic carbocycles. The first-order valence-electron chi connectivity index (χ1n) is 8.66. The first-order valence-corrected chi connectivity index (χ1v) is 8.66. The molecule has 0 bridgehead atoms. The summed E-state index contributed by atoms with van der Waals surface area (Å²) in [4.78, 5) is 12.2. The third-order valence-electron chi connectivity index (χ3n) is 4.73. The van der Waals surface area contributed by atoms with Gasteiger partial charge >= 0.3 is 0 Å². The van der Waals surface area contributed by atoms with Gasteiger partial charge in [-0.25, -0.2) is 13.5 Å². The zero-order valence-electron chi connectivity index (χ0n) is 14.2. The molecule has 1 heterocycles. The first kappa shape index (κ1) is 17.5. The first-order chi connectivity index (χ1) is 12.0. The summed E-state index contributed by atoms with van der Waals surface area (Å²) in [7, 11) is 0. The second-order valence-electron chi connectivity index (χ2n) is 6.55. The van der Waals surface area contributed by atoms with E-state index in [-0.39, 0.29) is 18.5 Å². The van der Waals surface area contributed by atoms with Crippen LogP contribution in [0.4, 0.5) is 14.6 Å². The molecule has 1 aliphatic rings. The lowest BCUT2D eigenvalue weighted by molar-refractivity contribution is -0.682. The number of quaternary nitrogens is 1. The van der Waals surface area contributed by atoms with Gasteiger partial charge in [0.1, 0.15) is 11.9 Å². The van der Waals surface area contributed by atoms with Gasteiger partial charge < -0.3 is 10.6 Å².